The maximum absolute atomic E-state index is 13.9. The van der Waals surface area contributed by atoms with Crippen molar-refractivity contribution in [1.29, 1.82) is 0 Å². The lowest BCUT2D eigenvalue weighted by atomic mass is 9.89. The molecule has 10 nitrogen and oxygen atoms in total. The zero-order chi connectivity index (χ0) is 36.7. The zero-order valence-corrected chi connectivity index (χ0v) is 31.0. The summed E-state index contributed by atoms with van der Waals surface area (Å²) in [5.74, 6) is 1.95. The Bertz CT molecular complexity index is 1640. The summed E-state index contributed by atoms with van der Waals surface area (Å²) in [7, 11) is 0. The van der Waals surface area contributed by atoms with E-state index in [-0.39, 0.29) is 30.2 Å². The van der Waals surface area contributed by atoms with Crippen LogP contribution in [0.1, 0.15) is 90.3 Å². The van der Waals surface area contributed by atoms with Gasteiger partial charge in [0.05, 0.1) is 12.3 Å². The number of amides is 2. The highest BCUT2D eigenvalue weighted by Crippen LogP contribution is 2.35. The fraction of sp³-hybridized carbons (Fsp3) is 0.512. The van der Waals surface area contributed by atoms with Gasteiger partial charge in [0.15, 0.2) is 0 Å². The van der Waals surface area contributed by atoms with Crippen LogP contribution in [0.2, 0.25) is 0 Å². The van der Waals surface area contributed by atoms with Gasteiger partial charge in [-0.05, 0) is 88.1 Å². The van der Waals surface area contributed by atoms with Gasteiger partial charge in [0.1, 0.15) is 24.1 Å². The quantitative estimate of drug-likeness (QED) is 0.128. The van der Waals surface area contributed by atoms with Crippen molar-refractivity contribution in [3.8, 4) is 11.3 Å². The largest absolute Gasteiger partial charge is 0.380 e. The molecule has 280 valence electrons. The van der Waals surface area contributed by atoms with E-state index in [2.05, 4.69) is 34.7 Å². The Labute approximate surface area is 308 Å². The first-order chi connectivity index (χ1) is 25.3. The molecule has 2 saturated carbocycles. The maximum atomic E-state index is 13.9. The predicted octanol–water partition coefficient (Wildman–Crippen LogP) is 7.97. The minimum Gasteiger partial charge on any atom is -0.380 e. The summed E-state index contributed by atoms with van der Waals surface area (Å²) in [6, 6.07) is 16.0. The van der Waals surface area contributed by atoms with Crippen LogP contribution in [0.4, 0.5) is 21.6 Å². The molecular formula is C41H55FN6O4. The van der Waals surface area contributed by atoms with Gasteiger partial charge in [-0.25, -0.2) is 14.4 Å². The Balaban J connectivity index is 0.000000459. The van der Waals surface area contributed by atoms with Crippen molar-refractivity contribution in [2.45, 2.75) is 84.5 Å². The summed E-state index contributed by atoms with van der Waals surface area (Å²) in [6.07, 6.45) is 10.5. The van der Waals surface area contributed by atoms with Crippen molar-refractivity contribution in [1.82, 2.24) is 20.2 Å². The molecule has 0 spiro atoms. The lowest BCUT2D eigenvalue weighted by Gasteiger charge is -2.37. The molecular weight excluding hydrogens is 659 g/mol. The number of piperidine rings is 1. The Morgan fingerprint density at radius 3 is 2.42 bits per heavy atom. The molecule has 3 aromatic rings. The van der Waals surface area contributed by atoms with Crippen LogP contribution in [-0.2, 0) is 19.1 Å². The van der Waals surface area contributed by atoms with E-state index >= 15 is 0 Å². The second kappa shape index (κ2) is 20.0. The third-order valence-electron chi connectivity index (χ3n) is 9.60. The van der Waals surface area contributed by atoms with Gasteiger partial charge in [0.25, 0.3) is 0 Å². The lowest BCUT2D eigenvalue weighted by Crippen LogP contribution is -2.35. The summed E-state index contributed by atoms with van der Waals surface area (Å²) >= 11 is 0. The van der Waals surface area contributed by atoms with E-state index in [1.165, 1.54) is 56.9 Å². The molecule has 2 amide bonds. The number of benzene rings is 2. The van der Waals surface area contributed by atoms with Crippen molar-refractivity contribution in [2.75, 3.05) is 56.7 Å². The van der Waals surface area contributed by atoms with E-state index in [1.54, 1.807) is 11.6 Å². The number of aromatic nitrogens is 2. The molecule has 1 unspecified atom stereocenters. The van der Waals surface area contributed by atoms with E-state index in [0.29, 0.717) is 37.0 Å². The molecule has 52 heavy (non-hydrogen) atoms. The van der Waals surface area contributed by atoms with Gasteiger partial charge in [0, 0.05) is 74.4 Å². The Morgan fingerprint density at radius 2 is 1.73 bits per heavy atom. The first kappa shape index (κ1) is 38.9. The van der Waals surface area contributed by atoms with E-state index in [1.807, 2.05) is 36.4 Å². The van der Waals surface area contributed by atoms with Gasteiger partial charge in [-0.15, -0.1) is 0 Å². The average Bonchev–Trinajstić information content (AvgIpc) is 3.94. The van der Waals surface area contributed by atoms with E-state index in [0.717, 1.165) is 68.4 Å². The minimum atomic E-state index is -0.303. The van der Waals surface area contributed by atoms with Crippen LogP contribution >= 0.6 is 0 Å². The number of allylic oxidation sites excluding steroid dienone is 2. The Morgan fingerprint density at radius 1 is 0.923 bits per heavy atom. The third kappa shape index (κ3) is 12.7. The normalized spacial score (nSPS) is 16.7. The van der Waals surface area contributed by atoms with Crippen LogP contribution in [-0.4, -0.2) is 72.7 Å². The number of halogens is 1. The van der Waals surface area contributed by atoms with Gasteiger partial charge >= 0.3 is 0 Å². The van der Waals surface area contributed by atoms with Crippen LogP contribution < -0.4 is 16.0 Å². The van der Waals surface area contributed by atoms with Crippen LogP contribution in [0.15, 0.2) is 65.9 Å². The number of anilines is 3. The van der Waals surface area contributed by atoms with Crippen LogP contribution in [0.5, 0.6) is 0 Å². The lowest BCUT2D eigenvalue weighted by molar-refractivity contribution is -0.121. The number of likely N-dealkylation sites (tertiary alicyclic amines) is 1. The van der Waals surface area contributed by atoms with Crippen molar-refractivity contribution in [3.05, 3.63) is 77.5 Å². The first-order valence-corrected chi connectivity index (χ1v) is 18.9. The van der Waals surface area contributed by atoms with Crippen molar-refractivity contribution < 1.29 is 23.5 Å². The molecule has 6 rings (SSSR count). The average molecular weight is 715 g/mol. The third-order valence-corrected chi connectivity index (χ3v) is 9.60. The van der Waals surface area contributed by atoms with E-state index in [9.17, 15) is 14.0 Å². The zero-order valence-electron chi connectivity index (χ0n) is 31.0. The van der Waals surface area contributed by atoms with Crippen LogP contribution in [0.25, 0.3) is 11.3 Å². The molecule has 0 radical (unpaired) electrons. The smallest absolute Gasteiger partial charge is 0.250 e. The van der Waals surface area contributed by atoms with Crippen LogP contribution in [0, 0.1) is 11.7 Å². The monoisotopic (exact) mass is 714 g/mol. The van der Waals surface area contributed by atoms with Gasteiger partial charge in [0.2, 0.25) is 11.8 Å². The molecule has 1 atom stereocenters. The maximum Gasteiger partial charge on any atom is 0.250 e. The van der Waals surface area contributed by atoms with E-state index < -0.39 is 0 Å². The van der Waals surface area contributed by atoms with E-state index in [4.69, 9.17) is 19.4 Å². The fourth-order valence-electron chi connectivity index (χ4n) is 6.29. The van der Waals surface area contributed by atoms with Gasteiger partial charge < -0.3 is 30.3 Å². The number of ether oxygens (including phenoxy) is 2. The summed E-state index contributed by atoms with van der Waals surface area (Å²) in [5, 5.41) is 8.85. The SMILES string of the molecule is CC(=C1CCC1)N1CCCC(c2nc(Nc3cccc(F)c3)cc(-c3ccc(NC(=O)COCCC4CC4)cc3)n2)C1.CCCOCCNC(C)=O. The highest BCUT2D eigenvalue weighted by molar-refractivity contribution is 5.92. The topological polar surface area (TPSA) is 118 Å². The minimum absolute atomic E-state index is 0.0000912. The number of rotatable bonds is 16. The number of hydrogen-bond donors (Lipinski definition) is 3. The summed E-state index contributed by atoms with van der Waals surface area (Å²) < 4.78 is 24.6. The predicted molar refractivity (Wildman–Crippen MR) is 204 cm³/mol. The Kier molecular flexibility index (Phi) is 15.0. The van der Waals surface area contributed by atoms with Crippen molar-refractivity contribution >= 4 is 29.0 Å². The highest BCUT2D eigenvalue weighted by atomic mass is 19.1. The summed E-state index contributed by atoms with van der Waals surface area (Å²) in [6.45, 7) is 10.5. The molecule has 3 N–H and O–H groups in total. The van der Waals surface area contributed by atoms with Gasteiger partial charge in [-0.2, -0.15) is 0 Å². The molecule has 1 aliphatic heterocycles. The molecule has 1 aromatic heterocycles. The number of hydrogen-bond acceptors (Lipinski definition) is 8. The molecule has 11 heteroatoms. The molecule has 2 heterocycles. The summed E-state index contributed by atoms with van der Waals surface area (Å²) in [4.78, 5) is 35.1. The number of nitrogens with one attached hydrogen (secondary N) is 3. The number of carbonyl (C=O) groups excluding carboxylic acids is 2. The van der Waals surface area contributed by atoms with Gasteiger partial charge in [-0.3, -0.25) is 9.59 Å². The standard InChI is InChI=1S/C34H40FN5O2.C7H15NO2/c1-23(25-5-2-6-25)40-17-4-7-27(21-40)34-38-31(20-32(39-34)36-30-9-3-8-28(35)19-30)26-12-14-29(15-13-26)37-33(41)22-42-18-16-24-10-11-24;1-3-5-10-6-4-8-7(2)9/h3,8-9,12-15,19-20,24,27H,2,4-7,10-11,16-18,21-22H2,1H3,(H,37,41)(H,36,38,39);3-6H2,1-2H3,(H,8,9). The second-order valence-electron chi connectivity index (χ2n) is 14.0. The Hall–Kier alpha value is -4.35. The summed E-state index contributed by atoms with van der Waals surface area (Å²) in [5.41, 5.74) is 6.05. The number of carbonyl (C=O) groups is 2. The molecule has 1 saturated heterocycles. The molecule has 0 bridgehead atoms. The van der Waals surface area contributed by atoms with Crippen molar-refractivity contribution in [2.24, 2.45) is 5.92 Å². The first-order valence-electron chi connectivity index (χ1n) is 18.9. The second-order valence-corrected chi connectivity index (χ2v) is 14.0. The molecule has 3 fully saturated rings. The number of nitrogens with zero attached hydrogens (tertiary/aromatic N) is 3. The molecule has 2 aliphatic carbocycles. The van der Waals surface area contributed by atoms with Crippen molar-refractivity contribution in [3.63, 3.8) is 0 Å². The highest BCUT2D eigenvalue weighted by Gasteiger charge is 2.27. The molecule has 3 aliphatic rings. The van der Waals surface area contributed by atoms with Gasteiger partial charge in [-0.1, -0.05) is 43.5 Å². The molecule has 2 aromatic carbocycles. The fourth-order valence-corrected chi connectivity index (χ4v) is 6.29. The van der Waals surface area contributed by atoms with Crippen LogP contribution in [0.3, 0.4) is 0 Å².